The Morgan fingerprint density at radius 1 is 1.56 bits per heavy atom. The number of hydrogen-bond acceptors (Lipinski definition) is 4. The predicted molar refractivity (Wildman–Crippen MR) is 74.3 cm³/mol. The molecule has 6 heteroatoms. The first-order valence-electron chi connectivity index (χ1n) is 5.78. The van der Waals surface area contributed by atoms with Crippen molar-refractivity contribution < 1.29 is 9.00 Å². The molecule has 1 amide bonds. The molecule has 2 unspecified atom stereocenters. The molecule has 0 bridgehead atoms. The molecule has 2 atom stereocenters. The van der Waals surface area contributed by atoms with Crippen molar-refractivity contribution in [2.75, 3.05) is 25.2 Å². The molecule has 2 N–H and O–H groups in total. The highest BCUT2D eigenvalue weighted by Crippen LogP contribution is 2.11. The van der Waals surface area contributed by atoms with Crippen molar-refractivity contribution in [2.24, 2.45) is 0 Å². The first kappa shape index (κ1) is 14.6. The molecule has 100 valence electrons. The Balaban J connectivity index is 2.53. The highest BCUT2D eigenvalue weighted by molar-refractivity contribution is 7.84. The van der Waals surface area contributed by atoms with Gasteiger partial charge in [0.1, 0.15) is 0 Å². The summed E-state index contributed by atoms with van der Waals surface area (Å²) in [4.78, 5) is 15.9. The van der Waals surface area contributed by atoms with Crippen LogP contribution < -0.4 is 10.6 Å². The van der Waals surface area contributed by atoms with Gasteiger partial charge in [0, 0.05) is 42.1 Å². The molecular weight excluding hydrogens is 250 g/mol. The van der Waals surface area contributed by atoms with Gasteiger partial charge in [0.15, 0.2) is 0 Å². The first-order valence-corrected chi connectivity index (χ1v) is 7.40. The van der Waals surface area contributed by atoms with Crippen LogP contribution in [-0.4, -0.2) is 40.2 Å². The molecule has 0 saturated heterocycles. The number of anilines is 1. The van der Waals surface area contributed by atoms with Gasteiger partial charge in [-0.05, 0) is 12.5 Å². The van der Waals surface area contributed by atoms with Gasteiger partial charge in [-0.2, -0.15) is 0 Å². The van der Waals surface area contributed by atoms with E-state index in [0.29, 0.717) is 24.2 Å². The summed E-state index contributed by atoms with van der Waals surface area (Å²) in [5.41, 5.74) is 1.26. The molecule has 0 fully saturated rings. The molecule has 0 spiro atoms. The minimum absolute atomic E-state index is 0.0894. The zero-order chi connectivity index (χ0) is 13.5. The Hall–Kier alpha value is -1.43. The summed E-state index contributed by atoms with van der Waals surface area (Å²) in [5, 5.41) is 5.83. The summed E-state index contributed by atoms with van der Waals surface area (Å²) < 4.78 is 11.2. The molecule has 0 aliphatic carbocycles. The lowest BCUT2D eigenvalue weighted by molar-refractivity contribution is 0.0954. The second-order valence-corrected chi connectivity index (χ2v) is 5.83. The molecular formula is C12H19N3O2S. The zero-order valence-corrected chi connectivity index (χ0v) is 11.7. The third kappa shape index (κ3) is 4.10. The topological polar surface area (TPSA) is 71.1 Å². The van der Waals surface area contributed by atoms with Crippen LogP contribution >= 0.6 is 0 Å². The van der Waals surface area contributed by atoms with E-state index < -0.39 is 10.8 Å². The van der Waals surface area contributed by atoms with Crippen molar-refractivity contribution in [1.82, 2.24) is 10.3 Å². The Labute approximate surface area is 110 Å². The van der Waals surface area contributed by atoms with E-state index in [1.807, 2.05) is 6.92 Å². The smallest absolute Gasteiger partial charge is 0.253 e. The van der Waals surface area contributed by atoms with Gasteiger partial charge in [0.25, 0.3) is 5.91 Å². The van der Waals surface area contributed by atoms with Crippen LogP contribution in [0, 0.1) is 0 Å². The first-order chi connectivity index (χ1) is 8.56. The van der Waals surface area contributed by atoms with Gasteiger partial charge in [-0.15, -0.1) is 0 Å². The van der Waals surface area contributed by atoms with E-state index in [0.717, 1.165) is 0 Å². The SMILES string of the molecule is CNc1cnccc1C(=O)NCCC(C)S(C)=O. The number of amides is 1. The average Bonchev–Trinajstić information content (AvgIpc) is 2.38. The van der Waals surface area contributed by atoms with Gasteiger partial charge in [-0.25, -0.2) is 0 Å². The van der Waals surface area contributed by atoms with Crippen molar-refractivity contribution >= 4 is 22.4 Å². The second-order valence-electron chi connectivity index (χ2n) is 4.03. The van der Waals surface area contributed by atoms with Gasteiger partial charge >= 0.3 is 0 Å². The van der Waals surface area contributed by atoms with E-state index in [9.17, 15) is 9.00 Å². The largest absolute Gasteiger partial charge is 0.386 e. The lowest BCUT2D eigenvalue weighted by Crippen LogP contribution is -2.28. The molecule has 18 heavy (non-hydrogen) atoms. The summed E-state index contributed by atoms with van der Waals surface area (Å²) in [7, 11) is 0.897. The molecule has 0 aliphatic heterocycles. The quantitative estimate of drug-likeness (QED) is 0.808. The standard InChI is InChI=1S/C12H19N3O2S/c1-9(18(3)17)4-7-15-12(16)10-5-6-14-8-11(10)13-2/h5-6,8-9,13H,4,7H2,1-3H3,(H,15,16). The average molecular weight is 269 g/mol. The Kier molecular flexibility index (Phi) is 5.77. The van der Waals surface area contributed by atoms with E-state index in [4.69, 9.17) is 0 Å². The molecule has 0 saturated carbocycles. The monoisotopic (exact) mass is 269 g/mol. The molecule has 1 aromatic heterocycles. The van der Waals surface area contributed by atoms with Crippen LogP contribution in [0.1, 0.15) is 23.7 Å². The maximum Gasteiger partial charge on any atom is 0.253 e. The molecule has 1 heterocycles. The van der Waals surface area contributed by atoms with Gasteiger partial charge in [0.05, 0.1) is 17.4 Å². The van der Waals surface area contributed by atoms with Crippen molar-refractivity contribution in [3.8, 4) is 0 Å². The van der Waals surface area contributed by atoms with E-state index in [2.05, 4.69) is 15.6 Å². The van der Waals surface area contributed by atoms with Crippen LogP contribution in [0.15, 0.2) is 18.5 Å². The van der Waals surface area contributed by atoms with Crippen LogP contribution in [0.3, 0.4) is 0 Å². The lowest BCUT2D eigenvalue weighted by atomic mass is 10.2. The van der Waals surface area contributed by atoms with Gasteiger partial charge in [-0.3, -0.25) is 14.0 Å². The van der Waals surface area contributed by atoms with Crippen molar-refractivity contribution in [3.05, 3.63) is 24.0 Å². The fourth-order valence-electron chi connectivity index (χ4n) is 1.44. The zero-order valence-electron chi connectivity index (χ0n) is 10.9. The number of carbonyl (C=O) groups is 1. The summed E-state index contributed by atoms with van der Waals surface area (Å²) >= 11 is 0. The van der Waals surface area contributed by atoms with Crippen molar-refractivity contribution in [1.29, 1.82) is 0 Å². The van der Waals surface area contributed by atoms with Crippen LogP contribution in [-0.2, 0) is 10.8 Å². The highest BCUT2D eigenvalue weighted by atomic mass is 32.2. The Morgan fingerprint density at radius 3 is 2.89 bits per heavy atom. The number of pyridine rings is 1. The number of rotatable bonds is 6. The molecule has 0 aromatic carbocycles. The summed E-state index contributed by atoms with van der Waals surface area (Å²) in [6, 6.07) is 1.67. The minimum Gasteiger partial charge on any atom is -0.386 e. The Bertz CT molecular complexity index is 437. The molecule has 0 aliphatic rings. The van der Waals surface area contributed by atoms with Gasteiger partial charge in [-0.1, -0.05) is 6.92 Å². The number of aromatic nitrogens is 1. The van der Waals surface area contributed by atoms with Crippen molar-refractivity contribution in [3.63, 3.8) is 0 Å². The van der Waals surface area contributed by atoms with E-state index in [1.54, 1.807) is 31.8 Å². The van der Waals surface area contributed by atoms with E-state index in [-0.39, 0.29) is 11.2 Å². The lowest BCUT2D eigenvalue weighted by Gasteiger charge is -2.11. The summed E-state index contributed by atoms with van der Waals surface area (Å²) in [5.74, 6) is -0.143. The third-order valence-corrected chi connectivity index (χ3v) is 4.11. The Morgan fingerprint density at radius 2 is 2.28 bits per heavy atom. The van der Waals surface area contributed by atoms with Crippen LogP contribution in [0.2, 0.25) is 0 Å². The number of nitrogens with zero attached hydrogens (tertiary/aromatic N) is 1. The molecule has 1 aromatic rings. The fourth-order valence-corrected chi connectivity index (χ4v) is 1.89. The number of nitrogens with one attached hydrogen (secondary N) is 2. The summed E-state index contributed by atoms with van der Waals surface area (Å²) in [6.45, 7) is 2.43. The molecule has 1 rings (SSSR count). The van der Waals surface area contributed by atoms with Crippen LogP contribution in [0.25, 0.3) is 0 Å². The molecule has 5 nitrogen and oxygen atoms in total. The normalized spacial score (nSPS) is 13.7. The van der Waals surface area contributed by atoms with E-state index >= 15 is 0 Å². The minimum atomic E-state index is -0.849. The second kappa shape index (κ2) is 7.10. The summed E-state index contributed by atoms with van der Waals surface area (Å²) in [6.07, 6.45) is 5.57. The third-order valence-electron chi connectivity index (χ3n) is 2.74. The van der Waals surface area contributed by atoms with Crippen LogP contribution in [0.4, 0.5) is 5.69 Å². The van der Waals surface area contributed by atoms with Gasteiger partial charge < -0.3 is 10.6 Å². The maximum absolute atomic E-state index is 11.9. The van der Waals surface area contributed by atoms with E-state index in [1.165, 1.54) is 0 Å². The molecule has 0 radical (unpaired) electrons. The fraction of sp³-hybridized carbons (Fsp3) is 0.500. The van der Waals surface area contributed by atoms with Crippen molar-refractivity contribution in [2.45, 2.75) is 18.6 Å². The predicted octanol–water partition coefficient (Wildman–Crippen LogP) is 1.01. The number of hydrogen-bond donors (Lipinski definition) is 2. The van der Waals surface area contributed by atoms with Gasteiger partial charge in [0.2, 0.25) is 0 Å². The van der Waals surface area contributed by atoms with Crippen LogP contribution in [0.5, 0.6) is 0 Å². The number of carbonyl (C=O) groups excluding carboxylic acids is 1. The maximum atomic E-state index is 11.9. The highest BCUT2D eigenvalue weighted by Gasteiger charge is 2.11.